The number of fused-ring (bicyclic) bond motifs is 1. The molecule has 100 valence electrons. The Kier molecular flexibility index (Phi) is 3.43. The Hall–Kier alpha value is -1.17. The van der Waals surface area contributed by atoms with Gasteiger partial charge in [-0.2, -0.15) is 0 Å². The van der Waals surface area contributed by atoms with Crippen LogP contribution in [0.5, 0.6) is 0 Å². The van der Waals surface area contributed by atoms with Crippen LogP contribution in [0.1, 0.15) is 38.6 Å². The summed E-state index contributed by atoms with van der Waals surface area (Å²) in [5.74, 6) is -0.814. The van der Waals surface area contributed by atoms with Crippen LogP contribution in [0.2, 0.25) is 0 Å². The van der Waals surface area contributed by atoms with E-state index in [4.69, 9.17) is 5.11 Å². The first-order chi connectivity index (χ1) is 9.16. The van der Waals surface area contributed by atoms with E-state index >= 15 is 0 Å². The molecule has 0 saturated heterocycles. The minimum absolute atomic E-state index is 0.372. The number of aromatic carboxylic acids is 1. The van der Waals surface area contributed by atoms with E-state index in [1.807, 2.05) is 22.8 Å². The van der Waals surface area contributed by atoms with Crippen molar-refractivity contribution in [2.24, 2.45) is 0 Å². The number of carbonyl (C=O) groups is 1. The maximum atomic E-state index is 11.2. The van der Waals surface area contributed by atoms with Crippen LogP contribution in [0, 0.1) is 0 Å². The molecule has 0 bridgehead atoms. The Bertz CT molecular complexity index is 602. The summed E-state index contributed by atoms with van der Waals surface area (Å²) in [4.78, 5) is 15.5. The van der Waals surface area contributed by atoms with Gasteiger partial charge in [-0.25, -0.2) is 4.79 Å². The minimum atomic E-state index is -0.814. The molecule has 1 unspecified atom stereocenters. The van der Waals surface area contributed by atoms with Gasteiger partial charge >= 0.3 is 5.97 Å². The highest BCUT2D eigenvalue weighted by Gasteiger charge is 2.26. The lowest BCUT2D eigenvalue weighted by molar-refractivity contribution is 0.0699. The van der Waals surface area contributed by atoms with Gasteiger partial charge in [-0.1, -0.05) is 0 Å². The molecule has 0 amide bonds. The molecule has 0 saturated carbocycles. The average Bonchev–Trinajstić information content (AvgIpc) is 3.01. The fourth-order valence-electron chi connectivity index (χ4n) is 2.64. The second kappa shape index (κ2) is 5.07. The van der Waals surface area contributed by atoms with Gasteiger partial charge in [0.15, 0.2) is 0 Å². The first-order valence-corrected chi connectivity index (χ1v) is 8.02. The first-order valence-electron chi connectivity index (χ1n) is 6.27. The number of hydrogen-bond donors (Lipinski definition) is 1. The molecule has 3 rings (SSSR count). The van der Waals surface area contributed by atoms with Gasteiger partial charge < -0.3 is 5.11 Å². The molecule has 1 aliphatic heterocycles. The Labute approximate surface area is 120 Å². The second-order valence-electron chi connectivity index (χ2n) is 4.78. The van der Waals surface area contributed by atoms with Crippen molar-refractivity contribution in [3.8, 4) is 0 Å². The lowest BCUT2D eigenvalue weighted by Gasteiger charge is -2.33. The van der Waals surface area contributed by atoms with Crippen LogP contribution in [-0.2, 0) is 13.0 Å². The molecule has 2 aromatic heterocycles. The maximum Gasteiger partial charge on any atom is 0.346 e. The van der Waals surface area contributed by atoms with Crippen molar-refractivity contribution in [2.45, 2.75) is 25.9 Å². The van der Waals surface area contributed by atoms with Gasteiger partial charge in [0.2, 0.25) is 0 Å². The van der Waals surface area contributed by atoms with Gasteiger partial charge in [-0.05, 0) is 47.4 Å². The molecule has 1 atom stereocenters. The fraction of sp³-hybridized carbons (Fsp3) is 0.357. The van der Waals surface area contributed by atoms with Crippen molar-refractivity contribution in [1.29, 1.82) is 0 Å². The highest BCUT2D eigenvalue weighted by Crippen LogP contribution is 2.34. The van der Waals surface area contributed by atoms with Crippen LogP contribution in [0.3, 0.4) is 0 Å². The molecule has 1 aliphatic rings. The molecule has 0 radical (unpaired) electrons. The zero-order chi connectivity index (χ0) is 13.4. The van der Waals surface area contributed by atoms with E-state index in [9.17, 15) is 4.79 Å². The summed E-state index contributed by atoms with van der Waals surface area (Å²) in [7, 11) is 0. The minimum Gasteiger partial charge on any atom is -0.477 e. The predicted octanol–water partition coefficient (Wildman–Crippen LogP) is 3.63. The van der Waals surface area contributed by atoms with E-state index in [0.717, 1.165) is 25.1 Å². The van der Waals surface area contributed by atoms with Gasteiger partial charge in [0.05, 0.1) is 0 Å². The highest BCUT2D eigenvalue weighted by atomic mass is 32.1. The van der Waals surface area contributed by atoms with Crippen molar-refractivity contribution in [2.75, 3.05) is 6.54 Å². The quantitative estimate of drug-likeness (QED) is 0.939. The van der Waals surface area contributed by atoms with E-state index in [-0.39, 0.29) is 0 Å². The van der Waals surface area contributed by atoms with E-state index in [1.165, 1.54) is 21.8 Å². The number of rotatable bonds is 3. The van der Waals surface area contributed by atoms with Crippen LogP contribution in [0.15, 0.2) is 22.9 Å². The van der Waals surface area contributed by atoms with Gasteiger partial charge in [0.25, 0.3) is 0 Å². The Balaban J connectivity index is 1.81. The standard InChI is InChI=1S/C14H15NO2S2/c1-9-11-4-7-18-12(11)2-5-15(9)8-10-3-6-19-13(10)14(16)17/h3-4,6-7,9H,2,5,8H2,1H3,(H,16,17). The van der Waals surface area contributed by atoms with Gasteiger partial charge in [-0.3, -0.25) is 4.90 Å². The number of carboxylic acid groups (broad SMARTS) is 1. The zero-order valence-electron chi connectivity index (χ0n) is 10.6. The molecule has 0 spiro atoms. The zero-order valence-corrected chi connectivity index (χ0v) is 12.3. The third kappa shape index (κ3) is 2.33. The predicted molar refractivity (Wildman–Crippen MR) is 78.1 cm³/mol. The molecular formula is C14H15NO2S2. The van der Waals surface area contributed by atoms with E-state index in [0.29, 0.717) is 10.9 Å². The summed E-state index contributed by atoms with van der Waals surface area (Å²) in [6, 6.07) is 4.50. The summed E-state index contributed by atoms with van der Waals surface area (Å²) in [5.41, 5.74) is 2.34. The molecule has 0 fully saturated rings. The summed E-state index contributed by atoms with van der Waals surface area (Å²) < 4.78 is 0. The molecule has 3 heterocycles. The summed E-state index contributed by atoms with van der Waals surface area (Å²) in [5, 5.41) is 13.2. The van der Waals surface area contributed by atoms with Crippen molar-refractivity contribution in [3.63, 3.8) is 0 Å². The van der Waals surface area contributed by atoms with Crippen LogP contribution in [-0.4, -0.2) is 22.5 Å². The summed E-state index contributed by atoms with van der Waals surface area (Å²) >= 11 is 3.14. The lowest BCUT2D eigenvalue weighted by Crippen LogP contribution is -2.32. The highest BCUT2D eigenvalue weighted by molar-refractivity contribution is 7.12. The van der Waals surface area contributed by atoms with Crippen LogP contribution in [0.4, 0.5) is 0 Å². The Morgan fingerprint density at radius 2 is 2.21 bits per heavy atom. The van der Waals surface area contributed by atoms with Crippen LogP contribution >= 0.6 is 22.7 Å². The molecule has 5 heteroatoms. The van der Waals surface area contributed by atoms with E-state index < -0.39 is 5.97 Å². The maximum absolute atomic E-state index is 11.2. The number of nitrogens with zero attached hydrogens (tertiary/aromatic N) is 1. The largest absolute Gasteiger partial charge is 0.477 e. The Morgan fingerprint density at radius 1 is 1.42 bits per heavy atom. The molecule has 0 aromatic carbocycles. The van der Waals surface area contributed by atoms with Crippen molar-refractivity contribution >= 4 is 28.6 Å². The van der Waals surface area contributed by atoms with Crippen LogP contribution < -0.4 is 0 Å². The van der Waals surface area contributed by atoms with Crippen LogP contribution in [0.25, 0.3) is 0 Å². The number of thiophene rings is 2. The first kappa shape index (κ1) is 12.8. The normalized spacial score (nSPS) is 19.3. The van der Waals surface area contributed by atoms with Crippen molar-refractivity contribution in [3.05, 3.63) is 43.8 Å². The third-order valence-corrected chi connectivity index (χ3v) is 5.66. The molecule has 3 nitrogen and oxygen atoms in total. The number of hydrogen-bond acceptors (Lipinski definition) is 4. The second-order valence-corrected chi connectivity index (χ2v) is 6.69. The monoisotopic (exact) mass is 293 g/mol. The molecular weight excluding hydrogens is 278 g/mol. The van der Waals surface area contributed by atoms with Crippen molar-refractivity contribution < 1.29 is 9.90 Å². The topological polar surface area (TPSA) is 40.5 Å². The Morgan fingerprint density at radius 3 is 3.00 bits per heavy atom. The third-order valence-electron chi connectivity index (χ3n) is 3.72. The van der Waals surface area contributed by atoms with Gasteiger partial charge in [0, 0.05) is 24.0 Å². The van der Waals surface area contributed by atoms with Crippen molar-refractivity contribution in [1.82, 2.24) is 4.90 Å². The lowest BCUT2D eigenvalue weighted by atomic mass is 10.0. The summed E-state index contributed by atoms with van der Waals surface area (Å²) in [6.45, 7) is 3.93. The van der Waals surface area contributed by atoms with Gasteiger partial charge in [0.1, 0.15) is 4.88 Å². The fourth-order valence-corrected chi connectivity index (χ4v) is 4.36. The molecule has 0 aliphatic carbocycles. The molecule has 19 heavy (non-hydrogen) atoms. The van der Waals surface area contributed by atoms with Gasteiger partial charge in [-0.15, -0.1) is 22.7 Å². The summed E-state index contributed by atoms with van der Waals surface area (Å²) in [6.07, 6.45) is 1.07. The average molecular weight is 293 g/mol. The van der Waals surface area contributed by atoms with E-state index in [2.05, 4.69) is 23.3 Å². The molecule has 1 N–H and O–H groups in total. The van der Waals surface area contributed by atoms with E-state index in [1.54, 1.807) is 0 Å². The smallest absolute Gasteiger partial charge is 0.346 e. The number of carboxylic acids is 1. The molecule has 2 aromatic rings. The SMILES string of the molecule is CC1c2ccsc2CCN1Cc1ccsc1C(=O)O.